The number of carbonyl (C=O) groups is 2. The van der Waals surface area contributed by atoms with Gasteiger partial charge in [-0.2, -0.15) is 0 Å². The number of aryl methyl sites for hydroxylation is 1. The molecule has 0 atom stereocenters. The lowest BCUT2D eigenvalue weighted by Crippen LogP contribution is -2.07. The monoisotopic (exact) mass is 494 g/mol. The van der Waals surface area contributed by atoms with Crippen molar-refractivity contribution in [1.29, 1.82) is 0 Å². The second-order valence-corrected chi connectivity index (χ2v) is 9.82. The molecule has 1 aromatic carbocycles. The number of ether oxygens (including phenoxy) is 2. The Morgan fingerprint density at radius 3 is 1.76 bits per heavy atom. The van der Waals surface area contributed by atoms with Gasteiger partial charge < -0.3 is 9.47 Å². The molecule has 0 saturated heterocycles. The third kappa shape index (κ3) is 17.0. The predicted octanol–water partition coefficient (Wildman–Crippen LogP) is 9.14. The normalized spacial score (nSPS) is 10.9. The fourth-order valence-corrected chi connectivity index (χ4v) is 4.07. The largest absolute Gasteiger partial charge is 0.466 e. The van der Waals surface area contributed by atoms with E-state index in [0.29, 0.717) is 30.2 Å². The standard InChI is InChI=1S/C29H47ClO4/c1-3-4-5-6-7-8-9-12-15-18-23-33-28(31)19-16-13-10-11-14-17-20-29(32)34-26-21-22-27(30)25(2)24-26/h21-22,24H,3-20,23H2,1-2H3. The third-order valence-corrected chi connectivity index (χ3v) is 6.56. The smallest absolute Gasteiger partial charge is 0.311 e. The van der Waals surface area contributed by atoms with Gasteiger partial charge >= 0.3 is 11.9 Å². The van der Waals surface area contributed by atoms with Crippen LogP contribution in [-0.4, -0.2) is 18.5 Å². The van der Waals surface area contributed by atoms with Gasteiger partial charge in [0.25, 0.3) is 0 Å². The molecule has 5 heteroatoms. The highest BCUT2D eigenvalue weighted by atomic mass is 35.5. The summed E-state index contributed by atoms with van der Waals surface area (Å²) >= 11 is 5.98. The van der Waals surface area contributed by atoms with Gasteiger partial charge in [0.15, 0.2) is 0 Å². The summed E-state index contributed by atoms with van der Waals surface area (Å²) in [6, 6.07) is 5.24. The zero-order valence-electron chi connectivity index (χ0n) is 21.7. The van der Waals surface area contributed by atoms with Crippen LogP contribution in [0.4, 0.5) is 0 Å². The summed E-state index contributed by atoms with van der Waals surface area (Å²) in [6.07, 6.45) is 19.7. The lowest BCUT2D eigenvalue weighted by atomic mass is 10.1. The van der Waals surface area contributed by atoms with Crippen molar-refractivity contribution in [3.05, 3.63) is 28.8 Å². The highest BCUT2D eigenvalue weighted by Crippen LogP contribution is 2.21. The summed E-state index contributed by atoms with van der Waals surface area (Å²) in [6.45, 7) is 4.71. The molecule has 34 heavy (non-hydrogen) atoms. The average molecular weight is 495 g/mol. The van der Waals surface area contributed by atoms with E-state index in [4.69, 9.17) is 21.1 Å². The summed E-state index contributed by atoms with van der Waals surface area (Å²) in [5, 5.41) is 0.669. The molecule has 0 spiro atoms. The number of carbonyl (C=O) groups excluding carboxylic acids is 2. The Labute approximate surface area is 213 Å². The van der Waals surface area contributed by atoms with E-state index in [1.807, 2.05) is 6.92 Å². The molecule has 1 rings (SSSR count). The van der Waals surface area contributed by atoms with Crippen LogP contribution in [0.15, 0.2) is 18.2 Å². The molecule has 0 heterocycles. The Morgan fingerprint density at radius 2 is 1.21 bits per heavy atom. The Morgan fingerprint density at radius 1 is 0.706 bits per heavy atom. The Hall–Kier alpha value is -1.55. The van der Waals surface area contributed by atoms with E-state index in [0.717, 1.165) is 56.9 Å². The molecule has 0 saturated carbocycles. The van der Waals surface area contributed by atoms with Crippen LogP contribution in [0.3, 0.4) is 0 Å². The number of hydrogen-bond donors (Lipinski definition) is 0. The van der Waals surface area contributed by atoms with Gasteiger partial charge in [-0.1, -0.05) is 102 Å². The SMILES string of the molecule is CCCCCCCCCCCCOC(=O)CCCCCCCCC(=O)Oc1ccc(Cl)c(C)c1. The fraction of sp³-hybridized carbons (Fsp3) is 0.724. The molecule has 0 N–H and O–H groups in total. The maximum absolute atomic E-state index is 11.9. The predicted molar refractivity (Wildman–Crippen MR) is 142 cm³/mol. The van der Waals surface area contributed by atoms with E-state index in [9.17, 15) is 9.59 Å². The number of halogens is 1. The Kier molecular flexibility index (Phi) is 18.6. The first kappa shape index (κ1) is 30.5. The summed E-state index contributed by atoms with van der Waals surface area (Å²) in [7, 11) is 0. The van der Waals surface area contributed by atoms with E-state index in [2.05, 4.69) is 6.92 Å². The second kappa shape index (κ2) is 20.8. The van der Waals surface area contributed by atoms with Crippen molar-refractivity contribution in [3.8, 4) is 5.75 Å². The second-order valence-electron chi connectivity index (χ2n) is 9.41. The van der Waals surface area contributed by atoms with E-state index in [1.165, 1.54) is 51.4 Å². The molecule has 0 aromatic heterocycles. The molecular formula is C29H47ClO4. The van der Waals surface area contributed by atoms with Crippen LogP contribution in [0.5, 0.6) is 5.75 Å². The van der Waals surface area contributed by atoms with Gasteiger partial charge in [0.1, 0.15) is 5.75 Å². The van der Waals surface area contributed by atoms with Gasteiger partial charge in [-0.3, -0.25) is 9.59 Å². The van der Waals surface area contributed by atoms with E-state index < -0.39 is 0 Å². The van der Waals surface area contributed by atoms with Crippen molar-refractivity contribution in [3.63, 3.8) is 0 Å². The third-order valence-electron chi connectivity index (χ3n) is 6.13. The van der Waals surface area contributed by atoms with Gasteiger partial charge in [0, 0.05) is 17.9 Å². The molecule has 0 unspecified atom stereocenters. The lowest BCUT2D eigenvalue weighted by molar-refractivity contribution is -0.144. The first-order valence-corrected chi connectivity index (χ1v) is 14.0. The lowest BCUT2D eigenvalue weighted by Gasteiger charge is -2.06. The zero-order valence-corrected chi connectivity index (χ0v) is 22.4. The molecule has 194 valence electrons. The van der Waals surface area contributed by atoms with Crippen molar-refractivity contribution in [2.75, 3.05) is 6.61 Å². The minimum atomic E-state index is -0.202. The van der Waals surface area contributed by atoms with Crippen molar-refractivity contribution in [2.24, 2.45) is 0 Å². The summed E-state index contributed by atoms with van der Waals surface area (Å²) in [5.41, 5.74) is 0.898. The first-order valence-electron chi connectivity index (χ1n) is 13.7. The molecule has 0 aliphatic carbocycles. The molecule has 0 amide bonds. The molecule has 0 fully saturated rings. The molecule has 4 nitrogen and oxygen atoms in total. The summed E-state index contributed by atoms with van der Waals surface area (Å²) in [4.78, 5) is 23.8. The van der Waals surface area contributed by atoms with Crippen LogP contribution in [0, 0.1) is 6.92 Å². The van der Waals surface area contributed by atoms with Crippen molar-refractivity contribution >= 4 is 23.5 Å². The quantitative estimate of drug-likeness (QED) is 0.0970. The maximum Gasteiger partial charge on any atom is 0.311 e. The van der Waals surface area contributed by atoms with E-state index >= 15 is 0 Å². The first-order chi connectivity index (χ1) is 16.5. The fourth-order valence-electron chi connectivity index (χ4n) is 3.96. The van der Waals surface area contributed by atoms with Crippen LogP contribution in [-0.2, 0) is 14.3 Å². The maximum atomic E-state index is 11.9. The van der Waals surface area contributed by atoms with Crippen molar-refractivity contribution in [2.45, 2.75) is 129 Å². The number of rotatable bonds is 21. The van der Waals surface area contributed by atoms with E-state index in [1.54, 1.807) is 18.2 Å². The van der Waals surface area contributed by atoms with Crippen molar-refractivity contribution in [1.82, 2.24) is 0 Å². The highest BCUT2D eigenvalue weighted by Gasteiger charge is 2.07. The van der Waals surface area contributed by atoms with Crippen molar-refractivity contribution < 1.29 is 19.1 Å². The molecular weight excluding hydrogens is 448 g/mol. The van der Waals surface area contributed by atoms with Crippen LogP contribution in [0.25, 0.3) is 0 Å². The molecule has 0 bridgehead atoms. The number of hydrogen-bond acceptors (Lipinski definition) is 4. The topological polar surface area (TPSA) is 52.6 Å². The molecule has 0 radical (unpaired) electrons. The minimum Gasteiger partial charge on any atom is -0.466 e. The van der Waals surface area contributed by atoms with Gasteiger partial charge in [0.2, 0.25) is 0 Å². The van der Waals surface area contributed by atoms with Gasteiger partial charge in [0.05, 0.1) is 6.61 Å². The van der Waals surface area contributed by atoms with Gasteiger partial charge in [-0.15, -0.1) is 0 Å². The highest BCUT2D eigenvalue weighted by molar-refractivity contribution is 6.31. The van der Waals surface area contributed by atoms with Crippen LogP contribution in [0.1, 0.15) is 128 Å². The summed E-state index contributed by atoms with van der Waals surface area (Å²) < 4.78 is 10.7. The molecule has 0 aliphatic heterocycles. The average Bonchev–Trinajstić information content (AvgIpc) is 2.81. The summed E-state index contributed by atoms with van der Waals surface area (Å²) in [5.74, 6) is 0.287. The minimum absolute atomic E-state index is 0.0592. The Balaban J connectivity index is 1.85. The molecule has 1 aromatic rings. The number of esters is 2. The number of unbranched alkanes of at least 4 members (excludes halogenated alkanes) is 14. The van der Waals surface area contributed by atoms with Crippen LogP contribution >= 0.6 is 11.6 Å². The van der Waals surface area contributed by atoms with E-state index in [-0.39, 0.29) is 11.9 Å². The zero-order chi connectivity index (χ0) is 24.9. The van der Waals surface area contributed by atoms with Gasteiger partial charge in [-0.05, 0) is 49.9 Å². The van der Waals surface area contributed by atoms with Crippen LogP contribution < -0.4 is 4.74 Å². The molecule has 0 aliphatic rings. The number of benzene rings is 1. The van der Waals surface area contributed by atoms with Gasteiger partial charge in [-0.25, -0.2) is 0 Å². The Bertz CT molecular complexity index is 674. The van der Waals surface area contributed by atoms with Crippen LogP contribution in [0.2, 0.25) is 5.02 Å².